The van der Waals surface area contributed by atoms with Crippen LogP contribution in [-0.4, -0.2) is 12.2 Å². The Morgan fingerprint density at radius 3 is 2.25 bits per heavy atom. The standard InChI is InChI=1S/C11H11F3N2/c1-8(9-5-3-2-4-6-9)16-10(7-15)11(12,13)14/h2-6,8,10,16H,1H3/t8-,10-/m0/s1. The minimum Gasteiger partial charge on any atom is -0.288 e. The number of nitrogens with zero attached hydrogens (tertiary/aromatic N) is 1. The van der Waals surface area contributed by atoms with Crippen LogP contribution in [0, 0.1) is 11.3 Å². The molecule has 16 heavy (non-hydrogen) atoms. The molecule has 0 aliphatic carbocycles. The molecule has 5 heteroatoms. The highest BCUT2D eigenvalue weighted by atomic mass is 19.4. The van der Waals surface area contributed by atoms with Crippen LogP contribution >= 0.6 is 0 Å². The monoisotopic (exact) mass is 228 g/mol. The molecule has 86 valence electrons. The molecule has 0 aliphatic rings. The zero-order valence-electron chi connectivity index (χ0n) is 8.62. The molecule has 0 heterocycles. The van der Waals surface area contributed by atoms with E-state index in [1.54, 1.807) is 37.3 Å². The van der Waals surface area contributed by atoms with Crippen LogP contribution in [0.1, 0.15) is 18.5 Å². The molecule has 0 amide bonds. The molecule has 1 aromatic rings. The Kier molecular flexibility index (Phi) is 3.91. The van der Waals surface area contributed by atoms with Crippen LogP contribution in [0.2, 0.25) is 0 Å². The fraction of sp³-hybridized carbons (Fsp3) is 0.364. The summed E-state index contributed by atoms with van der Waals surface area (Å²) in [6.07, 6.45) is -4.54. The van der Waals surface area contributed by atoms with E-state index in [0.29, 0.717) is 5.56 Å². The molecule has 0 saturated carbocycles. The van der Waals surface area contributed by atoms with E-state index in [0.717, 1.165) is 0 Å². The number of benzene rings is 1. The quantitative estimate of drug-likeness (QED) is 0.863. The van der Waals surface area contributed by atoms with Gasteiger partial charge >= 0.3 is 6.18 Å². The molecule has 2 nitrogen and oxygen atoms in total. The predicted octanol–water partition coefficient (Wildman–Crippen LogP) is 2.79. The highest BCUT2D eigenvalue weighted by Crippen LogP contribution is 2.22. The first-order valence-corrected chi connectivity index (χ1v) is 4.72. The predicted molar refractivity (Wildman–Crippen MR) is 53.4 cm³/mol. The number of hydrogen-bond acceptors (Lipinski definition) is 2. The molecule has 0 radical (unpaired) electrons. The summed E-state index contributed by atoms with van der Waals surface area (Å²) in [4.78, 5) is 0. The van der Waals surface area contributed by atoms with E-state index in [1.165, 1.54) is 6.07 Å². The lowest BCUT2D eigenvalue weighted by Gasteiger charge is -2.20. The first kappa shape index (κ1) is 12.5. The van der Waals surface area contributed by atoms with Gasteiger partial charge in [0.25, 0.3) is 0 Å². The topological polar surface area (TPSA) is 35.8 Å². The van der Waals surface area contributed by atoms with Gasteiger partial charge in [0.05, 0.1) is 6.07 Å². The van der Waals surface area contributed by atoms with Gasteiger partial charge in [-0.25, -0.2) is 0 Å². The second kappa shape index (κ2) is 4.99. The molecule has 1 rings (SSSR count). The van der Waals surface area contributed by atoms with Gasteiger partial charge in [0.1, 0.15) is 0 Å². The van der Waals surface area contributed by atoms with Crippen molar-refractivity contribution in [3.8, 4) is 6.07 Å². The molecule has 0 aromatic heterocycles. The van der Waals surface area contributed by atoms with Gasteiger partial charge in [0.15, 0.2) is 6.04 Å². The van der Waals surface area contributed by atoms with Crippen LogP contribution in [0.5, 0.6) is 0 Å². The Balaban J connectivity index is 2.72. The Hall–Kier alpha value is -1.54. The highest BCUT2D eigenvalue weighted by molar-refractivity contribution is 5.19. The van der Waals surface area contributed by atoms with Gasteiger partial charge in [-0.15, -0.1) is 0 Å². The molecule has 0 aliphatic heterocycles. The Labute approximate surface area is 91.7 Å². The third-order valence-electron chi connectivity index (χ3n) is 2.17. The van der Waals surface area contributed by atoms with Crippen LogP contribution in [-0.2, 0) is 0 Å². The number of rotatable bonds is 3. The van der Waals surface area contributed by atoms with Gasteiger partial charge in [-0.2, -0.15) is 18.4 Å². The van der Waals surface area contributed by atoms with E-state index < -0.39 is 18.3 Å². The third kappa shape index (κ3) is 3.24. The molecular weight excluding hydrogens is 217 g/mol. The van der Waals surface area contributed by atoms with Gasteiger partial charge < -0.3 is 0 Å². The van der Waals surface area contributed by atoms with Gasteiger partial charge in [-0.1, -0.05) is 30.3 Å². The van der Waals surface area contributed by atoms with Crippen molar-refractivity contribution in [2.75, 3.05) is 0 Å². The summed E-state index contributed by atoms with van der Waals surface area (Å²) >= 11 is 0. The van der Waals surface area contributed by atoms with Crippen molar-refractivity contribution in [3.05, 3.63) is 35.9 Å². The van der Waals surface area contributed by atoms with E-state index in [2.05, 4.69) is 5.32 Å². The summed E-state index contributed by atoms with van der Waals surface area (Å²) in [6.45, 7) is 1.59. The third-order valence-corrected chi connectivity index (χ3v) is 2.17. The molecule has 0 unspecified atom stereocenters. The summed E-state index contributed by atoms with van der Waals surface area (Å²) in [5.74, 6) is 0. The molecule has 0 saturated heterocycles. The molecule has 0 fully saturated rings. The molecule has 2 atom stereocenters. The minimum absolute atomic E-state index is 0.521. The normalized spacial score (nSPS) is 15.2. The van der Waals surface area contributed by atoms with Crippen molar-refractivity contribution in [2.45, 2.75) is 25.2 Å². The minimum atomic E-state index is -4.54. The van der Waals surface area contributed by atoms with Crippen LogP contribution in [0.4, 0.5) is 13.2 Å². The van der Waals surface area contributed by atoms with Gasteiger partial charge in [-0.05, 0) is 12.5 Å². The van der Waals surface area contributed by atoms with Crippen molar-refractivity contribution in [1.82, 2.24) is 5.32 Å². The summed E-state index contributed by atoms with van der Waals surface area (Å²) in [7, 11) is 0. The van der Waals surface area contributed by atoms with E-state index >= 15 is 0 Å². The first-order chi connectivity index (χ1) is 7.45. The lowest BCUT2D eigenvalue weighted by atomic mass is 10.1. The maximum Gasteiger partial charge on any atom is 0.417 e. The van der Waals surface area contributed by atoms with E-state index in [4.69, 9.17) is 5.26 Å². The Morgan fingerprint density at radius 1 is 1.25 bits per heavy atom. The number of nitrogens with one attached hydrogen (secondary N) is 1. The smallest absolute Gasteiger partial charge is 0.288 e. The number of alkyl halides is 3. The average Bonchev–Trinajstić information content (AvgIpc) is 2.25. The number of halogens is 3. The molecule has 1 aromatic carbocycles. The number of hydrogen-bond donors (Lipinski definition) is 1. The average molecular weight is 228 g/mol. The van der Waals surface area contributed by atoms with Gasteiger partial charge in [0, 0.05) is 6.04 Å². The van der Waals surface area contributed by atoms with Crippen LogP contribution in [0.3, 0.4) is 0 Å². The van der Waals surface area contributed by atoms with Crippen molar-refractivity contribution in [2.24, 2.45) is 0 Å². The van der Waals surface area contributed by atoms with Gasteiger partial charge in [-0.3, -0.25) is 5.32 Å². The second-order valence-corrected chi connectivity index (χ2v) is 3.40. The molecule has 1 N–H and O–H groups in total. The van der Waals surface area contributed by atoms with Crippen molar-refractivity contribution < 1.29 is 13.2 Å². The Morgan fingerprint density at radius 2 is 1.81 bits per heavy atom. The Bertz CT molecular complexity index is 367. The fourth-order valence-corrected chi connectivity index (χ4v) is 1.29. The first-order valence-electron chi connectivity index (χ1n) is 4.72. The fourth-order valence-electron chi connectivity index (χ4n) is 1.29. The molecule has 0 bridgehead atoms. The number of nitriles is 1. The molecular formula is C11H11F3N2. The van der Waals surface area contributed by atoms with E-state index in [-0.39, 0.29) is 0 Å². The van der Waals surface area contributed by atoms with Crippen molar-refractivity contribution >= 4 is 0 Å². The van der Waals surface area contributed by atoms with Crippen molar-refractivity contribution in [1.29, 1.82) is 5.26 Å². The summed E-state index contributed by atoms with van der Waals surface area (Å²) in [5, 5.41) is 10.7. The largest absolute Gasteiger partial charge is 0.417 e. The maximum atomic E-state index is 12.3. The molecule has 0 spiro atoms. The highest BCUT2D eigenvalue weighted by Gasteiger charge is 2.40. The summed E-state index contributed by atoms with van der Waals surface area (Å²) in [5.41, 5.74) is 0.715. The second-order valence-electron chi connectivity index (χ2n) is 3.40. The zero-order valence-corrected chi connectivity index (χ0v) is 8.62. The summed E-state index contributed by atoms with van der Waals surface area (Å²) in [6, 6.07) is 7.23. The van der Waals surface area contributed by atoms with Gasteiger partial charge in [0.2, 0.25) is 0 Å². The van der Waals surface area contributed by atoms with Crippen LogP contribution in [0.15, 0.2) is 30.3 Å². The lowest BCUT2D eigenvalue weighted by Crippen LogP contribution is -2.42. The van der Waals surface area contributed by atoms with E-state index in [1.807, 2.05) is 0 Å². The SMILES string of the molecule is C[C@H](N[C@@H](C#N)C(F)(F)F)c1ccccc1. The zero-order chi connectivity index (χ0) is 12.2. The summed E-state index contributed by atoms with van der Waals surface area (Å²) < 4.78 is 36.9. The maximum absolute atomic E-state index is 12.3. The van der Waals surface area contributed by atoms with Crippen LogP contribution in [0.25, 0.3) is 0 Å². The van der Waals surface area contributed by atoms with Crippen LogP contribution < -0.4 is 5.32 Å². The van der Waals surface area contributed by atoms with E-state index in [9.17, 15) is 13.2 Å². The van der Waals surface area contributed by atoms with Crippen molar-refractivity contribution in [3.63, 3.8) is 0 Å². The lowest BCUT2D eigenvalue weighted by molar-refractivity contribution is -0.144.